The number of hydrogen-bond acceptors (Lipinski definition) is 4. The Hall–Kier alpha value is -2.15. The highest BCUT2D eigenvalue weighted by Gasteiger charge is 2.15. The van der Waals surface area contributed by atoms with Gasteiger partial charge in [0.1, 0.15) is 18.2 Å². The highest BCUT2D eigenvalue weighted by molar-refractivity contribution is 9.10. The minimum absolute atomic E-state index is 0.120. The lowest BCUT2D eigenvalue weighted by Crippen LogP contribution is -1.99. The molecule has 2 rings (SSSR count). The summed E-state index contributed by atoms with van der Waals surface area (Å²) in [5.74, 6) is 0.260. The third kappa shape index (κ3) is 3.69. The molecule has 0 aliphatic heterocycles. The van der Waals surface area contributed by atoms with Gasteiger partial charge in [-0.3, -0.25) is 10.1 Å². The average Bonchev–Trinajstić information content (AvgIpc) is 2.46. The molecule has 0 radical (unpaired) electrons. The number of ether oxygens (including phenoxy) is 2. The third-order valence-corrected chi connectivity index (χ3v) is 3.35. The van der Waals surface area contributed by atoms with Gasteiger partial charge in [0.15, 0.2) is 5.75 Å². The SMILES string of the molecule is COc1ccc(COc2ccc(F)cc2Br)cc1[N+](=O)[O-]. The van der Waals surface area contributed by atoms with Crippen LogP contribution in [0, 0.1) is 15.9 Å². The van der Waals surface area contributed by atoms with Gasteiger partial charge < -0.3 is 9.47 Å². The number of benzene rings is 2. The molecule has 0 N–H and O–H groups in total. The zero-order valence-corrected chi connectivity index (χ0v) is 12.6. The number of methoxy groups -OCH3 is 1. The molecule has 0 atom stereocenters. The fourth-order valence-corrected chi connectivity index (χ4v) is 2.19. The normalized spacial score (nSPS) is 10.2. The van der Waals surface area contributed by atoms with E-state index >= 15 is 0 Å². The second kappa shape index (κ2) is 6.53. The molecular weight excluding hydrogens is 345 g/mol. The van der Waals surface area contributed by atoms with E-state index in [1.54, 1.807) is 6.07 Å². The summed E-state index contributed by atoms with van der Waals surface area (Å²) in [5.41, 5.74) is 0.482. The molecule has 5 nitrogen and oxygen atoms in total. The van der Waals surface area contributed by atoms with Crippen LogP contribution < -0.4 is 9.47 Å². The van der Waals surface area contributed by atoms with E-state index in [1.807, 2.05) is 0 Å². The van der Waals surface area contributed by atoms with E-state index in [0.717, 1.165) is 0 Å². The zero-order chi connectivity index (χ0) is 15.4. The van der Waals surface area contributed by atoms with Crippen molar-refractivity contribution in [1.29, 1.82) is 0 Å². The van der Waals surface area contributed by atoms with Gasteiger partial charge in [0.05, 0.1) is 16.5 Å². The Kier molecular flexibility index (Phi) is 4.74. The van der Waals surface area contributed by atoms with E-state index in [1.165, 1.54) is 37.4 Å². The lowest BCUT2D eigenvalue weighted by atomic mass is 10.2. The number of halogens is 2. The minimum Gasteiger partial charge on any atom is -0.490 e. The molecule has 110 valence electrons. The van der Waals surface area contributed by atoms with Crippen molar-refractivity contribution in [2.45, 2.75) is 6.61 Å². The average molecular weight is 356 g/mol. The predicted molar refractivity (Wildman–Crippen MR) is 78.1 cm³/mol. The molecule has 0 aliphatic carbocycles. The van der Waals surface area contributed by atoms with Gasteiger partial charge in [0.25, 0.3) is 0 Å². The van der Waals surface area contributed by atoms with Crippen LogP contribution in [0.4, 0.5) is 10.1 Å². The third-order valence-electron chi connectivity index (χ3n) is 2.73. The number of nitro groups is 1. The molecule has 0 heterocycles. The quantitative estimate of drug-likeness (QED) is 0.598. The minimum atomic E-state index is -0.518. The van der Waals surface area contributed by atoms with E-state index in [9.17, 15) is 14.5 Å². The molecule has 0 unspecified atom stereocenters. The maximum Gasteiger partial charge on any atom is 0.311 e. The second-order valence-electron chi connectivity index (χ2n) is 4.13. The van der Waals surface area contributed by atoms with Gasteiger partial charge in [0, 0.05) is 6.07 Å². The molecule has 0 bridgehead atoms. The number of hydrogen-bond donors (Lipinski definition) is 0. The van der Waals surface area contributed by atoms with Gasteiger partial charge in [-0.15, -0.1) is 0 Å². The van der Waals surface area contributed by atoms with Crippen molar-refractivity contribution in [3.63, 3.8) is 0 Å². The van der Waals surface area contributed by atoms with Crippen LogP contribution in [0.5, 0.6) is 11.5 Å². The molecule has 0 aliphatic rings. The highest BCUT2D eigenvalue weighted by Crippen LogP contribution is 2.29. The molecule has 0 saturated carbocycles. The number of nitrogens with zero attached hydrogens (tertiary/aromatic N) is 1. The van der Waals surface area contributed by atoms with E-state index in [4.69, 9.17) is 9.47 Å². The Balaban J connectivity index is 2.16. The fourth-order valence-electron chi connectivity index (χ4n) is 1.72. The van der Waals surface area contributed by atoms with Crippen molar-refractivity contribution in [3.05, 3.63) is 62.4 Å². The topological polar surface area (TPSA) is 61.6 Å². The highest BCUT2D eigenvalue weighted by atomic mass is 79.9. The van der Waals surface area contributed by atoms with Crippen LogP contribution in [-0.4, -0.2) is 12.0 Å². The molecule has 0 saturated heterocycles. The van der Waals surface area contributed by atoms with Crippen LogP contribution in [0.25, 0.3) is 0 Å². The Bertz CT molecular complexity index is 678. The first-order valence-corrected chi connectivity index (χ1v) is 6.69. The van der Waals surface area contributed by atoms with Gasteiger partial charge in [-0.1, -0.05) is 6.07 Å². The maximum atomic E-state index is 13.0. The summed E-state index contributed by atoms with van der Waals surface area (Å²) in [4.78, 5) is 10.4. The molecule has 0 aromatic heterocycles. The number of rotatable bonds is 5. The summed E-state index contributed by atoms with van der Waals surface area (Å²) in [6.07, 6.45) is 0. The fraction of sp³-hybridized carbons (Fsp3) is 0.143. The molecule has 0 spiro atoms. The monoisotopic (exact) mass is 355 g/mol. The standard InChI is InChI=1S/C14H11BrFNO4/c1-20-14-4-2-9(6-12(14)17(18)19)8-21-13-5-3-10(16)7-11(13)15/h2-7H,8H2,1H3. The summed E-state index contributed by atoms with van der Waals surface area (Å²) in [7, 11) is 1.37. The predicted octanol–water partition coefficient (Wildman–Crippen LogP) is 4.08. The van der Waals surface area contributed by atoms with Crippen molar-refractivity contribution in [2.24, 2.45) is 0 Å². The smallest absolute Gasteiger partial charge is 0.311 e. The van der Waals surface area contributed by atoms with E-state index < -0.39 is 4.92 Å². The summed E-state index contributed by atoms with van der Waals surface area (Å²) >= 11 is 3.19. The van der Waals surface area contributed by atoms with Gasteiger partial charge in [0.2, 0.25) is 0 Å². The van der Waals surface area contributed by atoms with E-state index in [-0.39, 0.29) is 23.9 Å². The summed E-state index contributed by atoms with van der Waals surface area (Å²) in [5, 5.41) is 10.9. The summed E-state index contributed by atoms with van der Waals surface area (Å²) in [6.45, 7) is 0.120. The van der Waals surface area contributed by atoms with Crippen LogP contribution >= 0.6 is 15.9 Å². The molecule has 2 aromatic rings. The number of nitro benzene ring substituents is 1. The van der Waals surface area contributed by atoms with Crippen LogP contribution in [0.3, 0.4) is 0 Å². The maximum absolute atomic E-state index is 13.0. The van der Waals surface area contributed by atoms with Crippen LogP contribution in [-0.2, 0) is 6.61 Å². The Morgan fingerprint density at radius 1 is 1.24 bits per heavy atom. The lowest BCUT2D eigenvalue weighted by molar-refractivity contribution is -0.385. The van der Waals surface area contributed by atoms with Crippen molar-refractivity contribution in [1.82, 2.24) is 0 Å². The van der Waals surface area contributed by atoms with Crippen LogP contribution in [0.2, 0.25) is 0 Å². The van der Waals surface area contributed by atoms with Crippen LogP contribution in [0.15, 0.2) is 40.9 Å². The van der Waals surface area contributed by atoms with E-state index in [0.29, 0.717) is 15.8 Å². The lowest BCUT2D eigenvalue weighted by Gasteiger charge is -2.09. The van der Waals surface area contributed by atoms with Crippen LogP contribution in [0.1, 0.15) is 5.56 Å². The largest absolute Gasteiger partial charge is 0.490 e. The summed E-state index contributed by atoms with van der Waals surface area (Å²) in [6, 6.07) is 8.61. The van der Waals surface area contributed by atoms with Crippen molar-refractivity contribution in [2.75, 3.05) is 7.11 Å². The first-order chi connectivity index (χ1) is 10.0. The van der Waals surface area contributed by atoms with Gasteiger partial charge in [-0.2, -0.15) is 0 Å². The summed E-state index contributed by atoms with van der Waals surface area (Å²) < 4.78 is 23.9. The molecule has 0 amide bonds. The molecule has 7 heteroatoms. The molecule has 0 fully saturated rings. The van der Waals surface area contributed by atoms with E-state index in [2.05, 4.69) is 15.9 Å². The van der Waals surface area contributed by atoms with Gasteiger partial charge in [-0.25, -0.2) is 4.39 Å². The first kappa shape index (κ1) is 15.2. The zero-order valence-electron chi connectivity index (χ0n) is 11.0. The van der Waals surface area contributed by atoms with Crippen molar-refractivity contribution in [3.8, 4) is 11.5 Å². The molecule has 2 aromatic carbocycles. The Morgan fingerprint density at radius 2 is 1.95 bits per heavy atom. The second-order valence-corrected chi connectivity index (χ2v) is 4.98. The Morgan fingerprint density at radius 3 is 2.57 bits per heavy atom. The van der Waals surface area contributed by atoms with Gasteiger partial charge in [-0.05, 0) is 45.8 Å². The first-order valence-electron chi connectivity index (χ1n) is 5.90. The molecular formula is C14H11BrFNO4. The van der Waals surface area contributed by atoms with Gasteiger partial charge >= 0.3 is 5.69 Å². The van der Waals surface area contributed by atoms with Crippen molar-refractivity contribution >= 4 is 21.6 Å². The molecule has 21 heavy (non-hydrogen) atoms. The van der Waals surface area contributed by atoms with Crippen molar-refractivity contribution < 1.29 is 18.8 Å². The Labute approximate surface area is 128 Å².